The van der Waals surface area contributed by atoms with Crippen molar-refractivity contribution in [3.63, 3.8) is 0 Å². The highest BCUT2D eigenvalue weighted by atomic mass is 19.1. The Hall–Kier alpha value is -3.59. The molecule has 2 heterocycles. The predicted molar refractivity (Wildman–Crippen MR) is 90.5 cm³/mol. The zero-order chi connectivity index (χ0) is 17.2. The monoisotopic (exact) mass is 330 g/mol. The lowest BCUT2D eigenvalue weighted by Crippen LogP contribution is -1.97. The van der Waals surface area contributed by atoms with Crippen LogP contribution in [0.4, 0.5) is 10.2 Å². The molecule has 0 N–H and O–H groups in total. The topological polar surface area (TPSA) is 56.2 Å². The van der Waals surface area contributed by atoms with Crippen LogP contribution in [0.25, 0.3) is 27.1 Å². The number of halogens is 1. The summed E-state index contributed by atoms with van der Waals surface area (Å²) in [6, 6.07) is 13.4. The SMILES string of the molecule is [C-]#[N+]c1nc(Cc2nc3ccccc3o2)ncc1-c1ccc(F)cc1. The summed E-state index contributed by atoms with van der Waals surface area (Å²) in [5.74, 6) is 0.824. The van der Waals surface area contributed by atoms with Gasteiger partial charge >= 0.3 is 0 Å². The van der Waals surface area contributed by atoms with E-state index in [9.17, 15) is 4.39 Å². The second-order valence-electron chi connectivity index (χ2n) is 5.39. The van der Waals surface area contributed by atoms with Gasteiger partial charge in [0.1, 0.15) is 17.8 Å². The zero-order valence-corrected chi connectivity index (χ0v) is 13.0. The summed E-state index contributed by atoms with van der Waals surface area (Å²) in [5.41, 5.74) is 2.73. The lowest BCUT2D eigenvalue weighted by atomic mass is 10.1. The van der Waals surface area contributed by atoms with Crippen LogP contribution in [0.15, 0.2) is 59.1 Å². The Bertz CT molecular complexity index is 1060. The van der Waals surface area contributed by atoms with Crippen molar-refractivity contribution in [2.24, 2.45) is 0 Å². The Morgan fingerprint density at radius 3 is 2.60 bits per heavy atom. The van der Waals surface area contributed by atoms with E-state index in [1.165, 1.54) is 12.1 Å². The Kier molecular flexibility index (Phi) is 3.67. The Morgan fingerprint density at radius 1 is 1.04 bits per heavy atom. The van der Waals surface area contributed by atoms with Crippen LogP contribution in [0, 0.1) is 12.4 Å². The summed E-state index contributed by atoms with van der Waals surface area (Å²) in [4.78, 5) is 16.5. The standard InChI is InChI=1S/C19H11FN4O/c1-21-19-14(12-6-8-13(20)9-7-12)11-22-17(24-19)10-18-23-15-4-2-3-5-16(15)25-18/h2-9,11H,10H2. The zero-order valence-electron chi connectivity index (χ0n) is 13.0. The second-order valence-corrected chi connectivity index (χ2v) is 5.39. The van der Waals surface area contributed by atoms with Gasteiger partial charge in [0.2, 0.25) is 11.7 Å². The number of aromatic nitrogens is 3. The summed E-state index contributed by atoms with van der Waals surface area (Å²) >= 11 is 0. The van der Waals surface area contributed by atoms with Crippen LogP contribution in [0.2, 0.25) is 0 Å². The van der Waals surface area contributed by atoms with Gasteiger partial charge in [-0.25, -0.2) is 14.4 Å². The third kappa shape index (κ3) is 2.95. The summed E-state index contributed by atoms with van der Waals surface area (Å²) in [7, 11) is 0. The third-order valence-electron chi connectivity index (χ3n) is 3.73. The van der Waals surface area contributed by atoms with Gasteiger partial charge < -0.3 is 9.26 Å². The molecule has 4 rings (SSSR count). The highest BCUT2D eigenvalue weighted by Crippen LogP contribution is 2.28. The van der Waals surface area contributed by atoms with E-state index >= 15 is 0 Å². The molecule has 0 atom stereocenters. The minimum atomic E-state index is -0.332. The van der Waals surface area contributed by atoms with Crippen molar-refractivity contribution >= 4 is 16.9 Å². The van der Waals surface area contributed by atoms with Crippen molar-refractivity contribution in [3.05, 3.63) is 83.7 Å². The highest BCUT2D eigenvalue weighted by molar-refractivity contribution is 5.75. The molecule has 0 amide bonds. The van der Waals surface area contributed by atoms with Crippen LogP contribution in [0.5, 0.6) is 0 Å². The molecule has 5 nitrogen and oxygen atoms in total. The first-order valence-corrected chi connectivity index (χ1v) is 7.57. The minimum Gasteiger partial charge on any atom is -0.440 e. The van der Waals surface area contributed by atoms with Crippen LogP contribution in [-0.4, -0.2) is 15.0 Å². The average molecular weight is 330 g/mol. The maximum atomic E-state index is 13.1. The van der Waals surface area contributed by atoms with E-state index in [2.05, 4.69) is 19.8 Å². The molecule has 25 heavy (non-hydrogen) atoms. The van der Waals surface area contributed by atoms with Gasteiger partial charge in [-0.05, 0) is 29.8 Å². The maximum absolute atomic E-state index is 13.1. The van der Waals surface area contributed by atoms with E-state index in [1.807, 2.05) is 24.3 Å². The van der Waals surface area contributed by atoms with Crippen LogP contribution < -0.4 is 0 Å². The minimum absolute atomic E-state index is 0.215. The number of oxazole rings is 1. The smallest absolute Gasteiger partial charge is 0.280 e. The number of hydrogen-bond donors (Lipinski definition) is 0. The van der Waals surface area contributed by atoms with E-state index in [-0.39, 0.29) is 11.6 Å². The molecular formula is C19H11FN4O. The van der Waals surface area contributed by atoms with Crippen molar-refractivity contribution in [2.45, 2.75) is 6.42 Å². The molecule has 0 bridgehead atoms. The molecule has 0 fully saturated rings. The van der Waals surface area contributed by atoms with Crippen molar-refractivity contribution in [1.29, 1.82) is 0 Å². The molecular weight excluding hydrogens is 319 g/mol. The molecule has 2 aromatic heterocycles. The molecule has 4 aromatic rings. The van der Waals surface area contributed by atoms with E-state index < -0.39 is 0 Å². The number of para-hydroxylation sites is 2. The van der Waals surface area contributed by atoms with Crippen LogP contribution in [0.1, 0.15) is 11.7 Å². The van der Waals surface area contributed by atoms with Gasteiger partial charge in [-0.3, -0.25) is 0 Å². The first-order valence-electron chi connectivity index (χ1n) is 7.57. The largest absolute Gasteiger partial charge is 0.440 e. The molecule has 6 heteroatoms. The number of rotatable bonds is 3. The molecule has 0 saturated heterocycles. The maximum Gasteiger partial charge on any atom is 0.280 e. The van der Waals surface area contributed by atoms with Crippen molar-refractivity contribution in [3.8, 4) is 11.1 Å². The molecule has 0 unspecified atom stereocenters. The lowest BCUT2D eigenvalue weighted by molar-refractivity contribution is 0.539. The van der Waals surface area contributed by atoms with Gasteiger partial charge in [0, 0.05) is 11.8 Å². The molecule has 2 aromatic carbocycles. The molecule has 0 spiro atoms. The van der Waals surface area contributed by atoms with Crippen molar-refractivity contribution < 1.29 is 8.81 Å². The number of hydrogen-bond acceptors (Lipinski definition) is 4. The molecule has 0 aliphatic heterocycles. The second kappa shape index (κ2) is 6.13. The average Bonchev–Trinajstić information content (AvgIpc) is 3.04. The quantitative estimate of drug-likeness (QED) is 0.517. The number of nitrogens with zero attached hydrogens (tertiary/aromatic N) is 4. The van der Waals surface area contributed by atoms with Gasteiger partial charge in [-0.15, -0.1) is 4.98 Å². The summed E-state index contributed by atoms with van der Waals surface area (Å²) < 4.78 is 18.7. The molecule has 0 aliphatic rings. The summed E-state index contributed by atoms with van der Waals surface area (Å²) in [6.45, 7) is 7.36. The first kappa shape index (κ1) is 15.0. The van der Waals surface area contributed by atoms with E-state index in [0.717, 1.165) is 5.52 Å². The Balaban J connectivity index is 1.67. The molecule has 0 saturated carbocycles. The third-order valence-corrected chi connectivity index (χ3v) is 3.73. The van der Waals surface area contributed by atoms with E-state index in [0.29, 0.717) is 34.8 Å². The highest BCUT2D eigenvalue weighted by Gasteiger charge is 2.15. The van der Waals surface area contributed by atoms with E-state index in [4.69, 9.17) is 11.0 Å². The fraction of sp³-hybridized carbons (Fsp3) is 0.0526. The number of fused-ring (bicyclic) bond motifs is 1. The number of benzene rings is 2. The molecule has 0 radical (unpaired) electrons. The van der Waals surface area contributed by atoms with Crippen molar-refractivity contribution in [2.75, 3.05) is 0 Å². The normalized spacial score (nSPS) is 10.7. The van der Waals surface area contributed by atoms with Crippen molar-refractivity contribution in [1.82, 2.24) is 15.0 Å². The van der Waals surface area contributed by atoms with Crippen LogP contribution >= 0.6 is 0 Å². The fourth-order valence-electron chi connectivity index (χ4n) is 2.54. The van der Waals surface area contributed by atoms with Gasteiger partial charge in [0.15, 0.2) is 5.58 Å². The van der Waals surface area contributed by atoms with Crippen LogP contribution in [-0.2, 0) is 6.42 Å². The summed E-state index contributed by atoms with van der Waals surface area (Å²) in [5, 5.41) is 0. The van der Waals surface area contributed by atoms with Gasteiger partial charge in [-0.1, -0.05) is 30.8 Å². The predicted octanol–water partition coefficient (Wildman–Crippen LogP) is 4.57. The fourth-order valence-corrected chi connectivity index (χ4v) is 2.54. The van der Waals surface area contributed by atoms with Gasteiger partial charge in [0.25, 0.3) is 5.82 Å². The molecule has 0 aliphatic carbocycles. The Morgan fingerprint density at radius 2 is 1.84 bits per heavy atom. The summed E-state index contributed by atoms with van der Waals surface area (Å²) in [6.07, 6.45) is 1.87. The first-order chi connectivity index (χ1) is 12.2. The Labute approximate surface area is 142 Å². The lowest BCUT2D eigenvalue weighted by Gasteiger charge is -2.04. The van der Waals surface area contributed by atoms with Gasteiger partial charge in [-0.2, -0.15) is 0 Å². The van der Waals surface area contributed by atoms with E-state index in [1.54, 1.807) is 18.3 Å². The molecule has 120 valence electrons. The van der Waals surface area contributed by atoms with Gasteiger partial charge in [0.05, 0.1) is 0 Å². The van der Waals surface area contributed by atoms with Crippen LogP contribution in [0.3, 0.4) is 0 Å².